The molecular weight excluding hydrogens is 394 g/mol. The topological polar surface area (TPSA) is 3.24 Å². The van der Waals surface area contributed by atoms with Gasteiger partial charge < -0.3 is 0 Å². The third-order valence-electron chi connectivity index (χ3n) is 5.88. The van der Waals surface area contributed by atoms with Crippen molar-refractivity contribution in [1.29, 1.82) is 0 Å². The zero-order valence-corrected chi connectivity index (χ0v) is 18.5. The molecule has 1 heterocycles. The maximum atomic E-state index is 2.57. The molecule has 0 saturated heterocycles. The molecule has 0 aliphatic heterocycles. The number of benzene rings is 4. The largest absolute Gasteiger partial charge is 0.295 e. The summed E-state index contributed by atoms with van der Waals surface area (Å²) in [5.41, 5.74) is 4.20. The molecule has 0 atom stereocenters. The van der Waals surface area contributed by atoms with Crippen LogP contribution in [0.15, 0.2) is 103 Å². The van der Waals surface area contributed by atoms with E-state index in [9.17, 15) is 0 Å². The Kier molecular flexibility index (Phi) is 6.10. The molecule has 0 radical (unpaired) electrons. The van der Waals surface area contributed by atoms with E-state index in [0.717, 1.165) is 32.5 Å². The summed E-state index contributed by atoms with van der Waals surface area (Å²) < 4.78 is 2.77. The minimum Gasteiger partial charge on any atom is -0.295 e. The lowest BCUT2D eigenvalue weighted by Crippen LogP contribution is -2.24. The fourth-order valence-corrected chi connectivity index (χ4v) is 5.42. The molecule has 0 fully saturated rings. The van der Waals surface area contributed by atoms with Gasteiger partial charge in [-0.1, -0.05) is 84.9 Å². The lowest BCUT2D eigenvalue weighted by atomic mass is 10.1. The standard InChI is InChI=1S/C29H27NS/c1-3-10-24(11-4-1)21-30(22-25-12-5-2-6-13-25)19-9-14-23-17-18-29-27(20-23)26-15-7-8-16-28(26)31-29/h1-8,10-13,15-18,20H,9,14,19,21-22H2. The van der Waals surface area contributed by atoms with Gasteiger partial charge in [0.15, 0.2) is 0 Å². The summed E-state index contributed by atoms with van der Waals surface area (Å²) in [5.74, 6) is 0. The average Bonchev–Trinajstić information content (AvgIpc) is 3.18. The second kappa shape index (κ2) is 9.47. The monoisotopic (exact) mass is 421 g/mol. The minimum atomic E-state index is 0.990. The molecule has 5 aromatic rings. The van der Waals surface area contributed by atoms with E-state index >= 15 is 0 Å². The van der Waals surface area contributed by atoms with Crippen molar-refractivity contribution in [3.63, 3.8) is 0 Å². The summed E-state index contributed by atoms with van der Waals surface area (Å²) in [7, 11) is 0. The van der Waals surface area contributed by atoms with Gasteiger partial charge in [-0.3, -0.25) is 4.90 Å². The predicted molar refractivity (Wildman–Crippen MR) is 135 cm³/mol. The molecule has 0 unspecified atom stereocenters. The van der Waals surface area contributed by atoms with Gasteiger partial charge in [0.2, 0.25) is 0 Å². The van der Waals surface area contributed by atoms with Crippen LogP contribution >= 0.6 is 11.3 Å². The van der Waals surface area contributed by atoms with Gasteiger partial charge >= 0.3 is 0 Å². The Morgan fingerprint density at radius 3 is 1.87 bits per heavy atom. The van der Waals surface area contributed by atoms with Gasteiger partial charge in [-0.25, -0.2) is 0 Å². The maximum Gasteiger partial charge on any atom is 0.0355 e. The lowest BCUT2D eigenvalue weighted by molar-refractivity contribution is 0.253. The number of nitrogens with zero attached hydrogens (tertiary/aromatic N) is 1. The molecule has 4 aromatic carbocycles. The molecule has 0 aliphatic rings. The number of hydrogen-bond acceptors (Lipinski definition) is 2. The molecule has 2 heteroatoms. The van der Waals surface area contributed by atoms with E-state index in [0.29, 0.717) is 0 Å². The lowest BCUT2D eigenvalue weighted by Gasteiger charge is -2.22. The summed E-state index contributed by atoms with van der Waals surface area (Å²) in [6.45, 7) is 3.07. The molecule has 5 rings (SSSR count). The van der Waals surface area contributed by atoms with E-state index in [-0.39, 0.29) is 0 Å². The van der Waals surface area contributed by atoms with E-state index in [2.05, 4.69) is 108 Å². The van der Waals surface area contributed by atoms with Crippen molar-refractivity contribution in [2.45, 2.75) is 25.9 Å². The second-order valence-corrected chi connectivity index (χ2v) is 9.30. The van der Waals surface area contributed by atoms with E-state index in [1.807, 2.05) is 11.3 Å². The highest BCUT2D eigenvalue weighted by Gasteiger charge is 2.09. The van der Waals surface area contributed by atoms with E-state index in [1.54, 1.807) is 0 Å². The Morgan fingerprint density at radius 2 is 1.16 bits per heavy atom. The average molecular weight is 422 g/mol. The van der Waals surface area contributed by atoms with Crippen LogP contribution < -0.4 is 0 Å². The van der Waals surface area contributed by atoms with Crippen molar-refractivity contribution in [2.24, 2.45) is 0 Å². The number of aryl methyl sites for hydroxylation is 1. The van der Waals surface area contributed by atoms with E-state index in [1.165, 1.54) is 36.9 Å². The molecule has 154 valence electrons. The molecule has 0 spiro atoms. The first kappa shape index (κ1) is 20.0. The molecule has 0 bridgehead atoms. The van der Waals surface area contributed by atoms with Crippen molar-refractivity contribution in [1.82, 2.24) is 4.90 Å². The third kappa shape index (κ3) is 4.87. The number of thiophene rings is 1. The van der Waals surface area contributed by atoms with Gasteiger partial charge in [0.1, 0.15) is 0 Å². The predicted octanol–water partition coefficient (Wildman–Crippen LogP) is 7.69. The Hall–Kier alpha value is -2.94. The number of fused-ring (bicyclic) bond motifs is 3. The SMILES string of the molecule is c1ccc(CN(CCCc2ccc3sc4ccccc4c3c2)Cc2ccccc2)cc1. The highest BCUT2D eigenvalue weighted by molar-refractivity contribution is 7.25. The van der Waals surface area contributed by atoms with Crippen molar-refractivity contribution < 1.29 is 0 Å². The number of rotatable bonds is 8. The fraction of sp³-hybridized carbons (Fsp3) is 0.172. The van der Waals surface area contributed by atoms with Crippen LogP contribution in [-0.4, -0.2) is 11.4 Å². The number of hydrogen-bond donors (Lipinski definition) is 0. The molecule has 1 aromatic heterocycles. The zero-order valence-electron chi connectivity index (χ0n) is 17.7. The summed E-state index contributed by atoms with van der Waals surface area (Å²) in [5, 5.41) is 2.79. The van der Waals surface area contributed by atoms with Crippen LogP contribution in [0.25, 0.3) is 20.2 Å². The molecule has 31 heavy (non-hydrogen) atoms. The maximum absolute atomic E-state index is 2.57. The highest BCUT2D eigenvalue weighted by atomic mass is 32.1. The normalized spacial score (nSPS) is 11.5. The molecule has 0 N–H and O–H groups in total. The second-order valence-electron chi connectivity index (χ2n) is 8.21. The van der Waals surface area contributed by atoms with Crippen molar-refractivity contribution in [3.8, 4) is 0 Å². The van der Waals surface area contributed by atoms with Gasteiger partial charge in [-0.05, 0) is 54.3 Å². The fourth-order valence-electron chi connectivity index (χ4n) is 4.33. The third-order valence-corrected chi connectivity index (χ3v) is 7.03. The van der Waals surface area contributed by atoms with Gasteiger partial charge in [-0.2, -0.15) is 0 Å². The first-order chi connectivity index (χ1) is 15.3. The summed E-state index contributed by atoms with van der Waals surface area (Å²) >= 11 is 1.89. The molecule has 0 amide bonds. The van der Waals surface area contributed by atoms with Crippen molar-refractivity contribution in [3.05, 3.63) is 120 Å². The Balaban J connectivity index is 1.28. The van der Waals surface area contributed by atoms with Crippen LogP contribution in [0, 0.1) is 0 Å². The molecule has 0 aliphatic carbocycles. The van der Waals surface area contributed by atoms with Crippen LogP contribution in [0.4, 0.5) is 0 Å². The Morgan fingerprint density at radius 1 is 0.548 bits per heavy atom. The molecule has 1 nitrogen and oxygen atoms in total. The van der Waals surface area contributed by atoms with E-state index < -0.39 is 0 Å². The minimum absolute atomic E-state index is 0.990. The van der Waals surface area contributed by atoms with Crippen LogP contribution in [0.5, 0.6) is 0 Å². The molecule has 0 saturated carbocycles. The van der Waals surface area contributed by atoms with Crippen molar-refractivity contribution in [2.75, 3.05) is 6.54 Å². The summed E-state index contributed by atoms with van der Waals surface area (Å²) in [4.78, 5) is 2.57. The zero-order chi connectivity index (χ0) is 20.9. The van der Waals surface area contributed by atoms with E-state index in [4.69, 9.17) is 0 Å². The van der Waals surface area contributed by atoms with Crippen LogP contribution in [0.2, 0.25) is 0 Å². The van der Waals surface area contributed by atoms with Crippen molar-refractivity contribution >= 4 is 31.5 Å². The Bertz CT molecular complexity index is 1220. The van der Waals surface area contributed by atoms with Crippen LogP contribution in [0.3, 0.4) is 0 Å². The van der Waals surface area contributed by atoms with Gasteiger partial charge in [0.05, 0.1) is 0 Å². The van der Waals surface area contributed by atoms with Gasteiger partial charge in [-0.15, -0.1) is 11.3 Å². The Labute approximate surface area is 188 Å². The summed E-state index contributed by atoms with van der Waals surface area (Å²) in [6, 6.07) is 37.4. The summed E-state index contributed by atoms with van der Waals surface area (Å²) in [6.07, 6.45) is 2.27. The van der Waals surface area contributed by atoms with Crippen LogP contribution in [0.1, 0.15) is 23.1 Å². The first-order valence-corrected chi connectivity index (χ1v) is 11.9. The van der Waals surface area contributed by atoms with Crippen LogP contribution in [-0.2, 0) is 19.5 Å². The van der Waals surface area contributed by atoms with Gasteiger partial charge in [0.25, 0.3) is 0 Å². The molecular formula is C29H27NS. The first-order valence-electron chi connectivity index (χ1n) is 11.1. The quantitative estimate of drug-likeness (QED) is 0.248. The van der Waals surface area contributed by atoms with Gasteiger partial charge in [0, 0.05) is 33.3 Å². The smallest absolute Gasteiger partial charge is 0.0355 e. The highest BCUT2D eigenvalue weighted by Crippen LogP contribution is 2.34.